The van der Waals surface area contributed by atoms with Crippen molar-refractivity contribution >= 4 is 102 Å². The standard InChI is InChI=1S/C36H32N2.C33H26N2/c1-2-3-26-37-35-17-11-10-16-33(35)34-27-32(24-25-36(34)37)38(30-14-8-5-9-15-30)31-22-20-29(21-23-31)19-18-28-12-6-4-7-13-28;1-34-32-15-9-8-14-30(32)31-24-29(22-23-33(31)34)35(27-12-6-3-7-13-27)28-20-18-26(19-21-28)17-16-25-10-4-2-5-11-25/h4-25,27H,2-3,26H2,1H3;2-24H,1H3/b19-18+;17-16+. The van der Waals surface area contributed by atoms with Crippen molar-refractivity contribution in [3.05, 3.63) is 277 Å². The molecule has 2 aromatic heterocycles. The number of nitrogens with zero attached hydrogens (tertiary/aromatic N) is 4. The number of aryl methyl sites for hydroxylation is 2. The molecule has 354 valence electrons. The van der Waals surface area contributed by atoms with Crippen molar-refractivity contribution in [2.24, 2.45) is 7.05 Å². The van der Waals surface area contributed by atoms with Gasteiger partial charge in [-0.3, -0.25) is 0 Å². The lowest BCUT2D eigenvalue weighted by atomic mass is 10.1. The summed E-state index contributed by atoms with van der Waals surface area (Å²) in [5.41, 5.74) is 16.7. The topological polar surface area (TPSA) is 16.3 Å². The van der Waals surface area contributed by atoms with Crippen LogP contribution in [-0.2, 0) is 13.6 Å². The summed E-state index contributed by atoms with van der Waals surface area (Å²) in [7, 11) is 2.14. The molecular weight excluding hydrogens is 885 g/mol. The maximum atomic E-state index is 2.48. The predicted molar refractivity (Wildman–Crippen MR) is 315 cm³/mol. The quantitative estimate of drug-likeness (QED) is 0.107. The van der Waals surface area contributed by atoms with Crippen LogP contribution in [0.1, 0.15) is 42.0 Å². The van der Waals surface area contributed by atoms with Crippen molar-refractivity contribution in [1.82, 2.24) is 9.13 Å². The molecule has 0 N–H and O–H groups in total. The molecule has 0 aliphatic carbocycles. The van der Waals surface area contributed by atoms with Crippen molar-refractivity contribution in [3.63, 3.8) is 0 Å². The minimum atomic E-state index is 1.04. The first kappa shape index (κ1) is 46.3. The fourth-order valence-corrected chi connectivity index (χ4v) is 10.1. The van der Waals surface area contributed by atoms with Crippen LogP contribution in [0.15, 0.2) is 255 Å². The van der Waals surface area contributed by atoms with Crippen LogP contribution in [0.5, 0.6) is 0 Å². The number of anilines is 6. The summed E-state index contributed by atoms with van der Waals surface area (Å²) in [6.07, 6.45) is 11.0. The molecule has 10 aromatic carbocycles. The van der Waals surface area contributed by atoms with E-state index in [-0.39, 0.29) is 0 Å². The average molecular weight is 943 g/mol. The third-order valence-corrected chi connectivity index (χ3v) is 13.8. The first-order valence-corrected chi connectivity index (χ1v) is 25.4. The third kappa shape index (κ3) is 9.97. The number of unbranched alkanes of at least 4 members (excludes halogenated alkanes) is 1. The zero-order chi connectivity index (χ0) is 49.3. The average Bonchev–Trinajstić information content (AvgIpc) is 3.93. The molecule has 0 unspecified atom stereocenters. The van der Waals surface area contributed by atoms with Crippen LogP contribution in [0.2, 0.25) is 0 Å². The first-order valence-electron chi connectivity index (χ1n) is 25.4. The lowest BCUT2D eigenvalue weighted by molar-refractivity contribution is 0.665. The van der Waals surface area contributed by atoms with Crippen molar-refractivity contribution in [2.75, 3.05) is 9.80 Å². The molecule has 12 rings (SSSR count). The van der Waals surface area contributed by atoms with Crippen molar-refractivity contribution in [1.29, 1.82) is 0 Å². The van der Waals surface area contributed by atoms with E-state index in [1.807, 2.05) is 12.1 Å². The molecule has 2 heterocycles. The molecule has 0 atom stereocenters. The second kappa shape index (κ2) is 21.5. The van der Waals surface area contributed by atoms with Crippen LogP contribution in [0.3, 0.4) is 0 Å². The molecule has 0 saturated carbocycles. The van der Waals surface area contributed by atoms with Crippen LogP contribution < -0.4 is 9.80 Å². The van der Waals surface area contributed by atoms with E-state index in [9.17, 15) is 0 Å². The maximum absolute atomic E-state index is 2.48. The highest BCUT2D eigenvalue weighted by Gasteiger charge is 2.18. The molecule has 0 radical (unpaired) electrons. The molecule has 0 aliphatic heterocycles. The molecule has 0 spiro atoms. The lowest BCUT2D eigenvalue weighted by Gasteiger charge is -2.25. The van der Waals surface area contributed by atoms with Crippen LogP contribution in [0.25, 0.3) is 67.9 Å². The van der Waals surface area contributed by atoms with Crippen LogP contribution >= 0.6 is 0 Å². The van der Waals surface area contributed by atoms with Gasteiger partial charge in [0.2, 0.25) is 0 Å². The van der Waals surface area contributed by atoms with E-state index in [0.717, 1.165) is 40.7 Å². The van der Waals surface area contributed by atoms with E-state index in [1.54, 1.807) is 0 Å². The SMILES string of the molecule is CCCCn1c2ccccc2c2cc(N(c3ccccc3)c3ccc(/C=C/c4ccccc4)cc3)ccc21.Cn1c2ccccc2c2cc(N(c3ccccc3)c3ccc(/C=C/c4ccccc4)cc3)ccc21. The van der Waals surface area contributed by atoms with E-state index in [0.29, 0.717) is 0 Å². The van der Waals surface area contributed by atoms with Gasteiger partial charge in [0.05, 0.1) is 0 Å². The maximum Gasteiger partial charge on any atom is 0.0492 e. The van der Waals surface area contributed by atoms with Gasteiger partial charge < -0.3 is 18.9 Å². The molecule has 0 fully saturated rings. The molecule has 4 nitrogen and oxygen atoms in total. The van der Waals surface area contributed by atoms with Gasteiger partial charge in [-0.15, -0.1) is 0 Å². The van der Waals surface area contributed by atoms with Crippen LogP contribution in [-0.4, -0.2) is 9.13 Å². The van der Waals surface area contributed by atoms with Crippen molar-refractivity contribution in [3.8, 4) is 0 Å². The Hall–Kier alpha value is -9.12. The number of fused-ring (bicyclic) bond motifs is 6. The first-order chi connectivity index (χ1) is 36.1. The highest BCUT2D eigenvalue weighted by Crippen LogP contribution is 2.41. The highest BCUT2D eigenvalue weighted by atomic mass is 15.1. The Morgan fingerprint density at radius 2 is 0.644 bits per heavy atom. The Morgan fingerprint density at radius 3 is 1.12 bits per heavy atom. The number of hydrogen-bond acceptors (Lipinski definition) is 2. The molecule has 0 amide bonds. The predicted octanol–water partition coefficient (Wildman–Crippen LogP) is 19.2. The van der Waals surface area contributed by atoms with Crippen LogP contribution in [0.4, 0.5) is 34.1 Å². The zero-order valence-corrected chi connectivity index (χ0v) is 41.5. The summed E-state index contributed by atoms with van der Waals surface area (Å²) >= 11 is 0. The minimum absolute atomic E-state index is 1.04. The normalized spacial score (nSPS) is 11.5. The Kier molecular flexibility index (Phi) is 13.6. The van der Waals surface area contributed by atoms with E-state index >= 15 is 0 Å². The smallest absolute Gasteiger partial charge is 0.0492 e. The molecule has 73 heavy (non-hydrogen) atoms. The minimum Gasteiger partial charge on any atom is -0.344 e. The van der Waals surface area contributed by atoms with Gasteiger partial charge in [0.25, 0.3) is 0 Å². The van der Waals surface area contributed by atoms with Gasteiger partial charge in [-0.05, 0) is 126 Å². The van der Waals surface area contributed by atoms with Gasteiger partial charge in [0, 0.05) is 91.3 Å². The Labute approximate surface area is 429 Å². The number of benzene rings is 10. The summed E-state index contributed by atoms with van der Waals surface area (Å²) in [6, 6.07) is 90.7. The summed E-state index contributed by atoms with van der Waals surface area (Å²) < 4.78 is 4.76. The van der Waals surface area contributed by atoms with E-state index in [1.165, 1.54) is 78.7 Å². The molecule has 0 saturated heterocycles. The van der Waals surface area contributed by atoms with Gasteiger partial charge in [-0.2, -0.15) is 0 Å². The van der Waals surface area contributed by atoms with Crippen molar-refractivity contribution < 1.29 is 0 Å². The van der Waals surface area contributed by atoms with Gasteiger partial charge in [0.15, 0.2) is 0 Å². The Morgan fingerprint density at radius 1 is 0.315 bits per heavy atom. The Bertz CT molecular complexity index is 3810. The molecule has 12 aromatic rings. The van der Waals surface area contributed by atoms with Gasteiger partial charge in [-0.25, -0.2) is 0 Å². The number of hydrogen-bond donors (Lipinski definition) is 0. The monoisotopic (exact) mass is 942 g/mol. The largest absolute Gasteiger partial charge is 0.344 e. The highest BCUT2D eigenvalue weighted by molar-refractivity contribution is 6.10. The number of rotatable bonds is 13. The number of para-hydroxylation sites is 4. The van der Waals surface area contributed by atoms with Gasteiger partial charge in [0.1, 0.15) is 0 Å². The molecule has 0 aliphatic rings. The summed E-state index contributed by atoms with van der Waals surface area (Å²) in [4.78, 5) is 4.67. The number of aromatic nitrogens is 2. The second-order valence-electron chi connectivity index (χ2n) is 18.5. The van der Waals surface area contributed by atoms with E-state index < -0.39 is 0 Å². The third-order valence-electron chi connectivity index (χ3n) is 13.8. The Balaban J connectivity index is 0.000000158. The second-order valence-corrected chi connectivity index (χ2v) is 18.5. The van der Waals surface area contributed by atoms with E-state index in [2.05, 4.69) is 300 Å². The summed E-state index contributed by atoms with van der Waals surface area (Å²) in [5, 5.41) is 5.16. The summed E-state index contributed by atoms with van der Waals surface area (Å²) in [5.74, 6) is 0. The lowest BCUT2D eigenvalue weighted by Crippen LogP contribution is -2.09. The molecular formula is C69H58N4. The molecule has 4 heteroatoms. The summed E-state index contributed by atoms with van der Waals surface area (Å²) in [6.45, 7) is 3.30. The van der Waals surface area contributed by atoms with Gasteiger partial charge in [-0.1, -0.05) is 195 Å². The van der Waals surface area contributed by atoms with Crippen LogP contribution in [0, 0.1) is 0 Å². The fraction of sp³-hybridized carbons (Fsp3) is 0.0725. The molecule has 0 bridgehead atoms. The van der Waals surface area contributed by atoms with E-state index in [4.69, 9.17) is 0 Å². The van der Waals surface area contributed by atoms with Crippen molar-refractivity contribution in [2.45, 2.75) is 26.3 Å². The fourth-order valence-electron chi connectivity index (χ4n) is 10.1. The zero-order valence-electron chi connectivity index (χ0n) is 41.5. The van der Waals surface area contributed by atoms with Gasteiger partial charge >= 0.3 is 0 Å².